The average Bonchev–Trinajstić information content (AvgIpc) is 2.15. The van der Waals surface area contributed by atoms with Gasteiger partial charge in [-0.1, -0.05) is 13.8 Å². The first-order valence-corrected chi connectivity index (χ1v) is 6.48. The highest BCUT2D eigenvalue weighted by Crippen LogP contribution is 2.03. The van der Waals surface area contributed by atoms with E-state index in [1.165, 1.54) is 0 Å². The second kappa shape index (κ2) is 9.19. The van der Waals surface area contributed by atoms with Crippen LogP contribution in [0.25, 0.3) is 0 Å². The van der Waals surface area contributed by atoms with Crippen molar-refractivity contribution in [3.05, 3.63) is 0 Å². The van der Waals surface area contributed by atoms with Crippen molar-refractivity contribution in [1.82, 2.24) is 10.6 Å². The highest BCUT2D eigenvalue weighted by Gasteiger charge is 2.05. The molecule has 0 aromatic carbocycles. The molecule has 0 heterocycles. The molecule has 0 aliphatic carbocycles. The molecule has 0 aromatic rings. The fourth-order valence-electron chi connectivity index (χ4n) is 0.990. The zero-order valence-corrected chi connectivity index (χ0v) is 10.2. The Kier molecular flexibility index (Phi) is 8.94. The van der Waals surface area contributed by atoms with Crippen LogP contribution in [0, 0.1) is 0 Å². The number of hydrogen-bond donors (Lipinski definition) is 2. The van der Waals surface area contributed by atoms with Gasteiger partial charge in [0.1, 0.15) is 0 Å². The number of urea groups is 1. The Labute approximate surface area is 91.4 Å². The fourth-order valence-corrected chi connectivity index (χ4v) is 1.80. The van der Waals surface area contributed by atoms with Crippen LogP contribution in [0.1, 0.15) is 33.6 Å². The Morgan fingerprint density at radius 2 is 2.14 bits per heavy atom. The molecule has 0 saturated heterocycles. The van der Waals surface area contributed by atoms with Gasteiger partial charge in [-0.25, -0.2) is 4.79 Å². The van der Waals surface area contributed by atoms with Gasteiger partial charge in [0.25, 0.3) is 0 Å². The van der Waals surface area contributed by atoms with E-state index >= 15 is 0 Å². The molecule has 84 valence electrons. The lowest BCUT2D eigenvalue weighted by molar-refractivity contribution is 0.237. The van der Waals surface area contributed by atoms with Crippen LogP contribution in [0.5, 0.6) is 0 Å². The molecule has 0 radical (unpaired) electrons. The molecule has 2 N–H and O–H groups in total. The van der Waals surface area contributed by atoms with Gasteiger partial charge in [-0.05, 0) is 31.3 Å². The number of rotatable bonds is 7. The summed E-state index contributed by atoms with van der Waals surface area (Å²) in [7, 11) is 0. The van der Waals surface area contributed by atoms with E-state index in [1.54, 1.807) is 0 Å². The van der Waals surface area contributed by atoms with E-state index < -0.39 is 0 Å². The highest BCUT2D eigenvalue weighted by molar-refractivity contribution is 7.99. The summed E-state index contributed by atoms with van der Waals surface area (Å²) in [4.78, 5) is 11.2. The molecule has 0 fully saturated rings. The Balaban J connectivity index is 3.40. The molecule has 1 atom stereocenters. The molecular weight excluding hydrogens is 196 g/mol. The lowest BCUT2D eigenvalue weighted by atomic mass is 10.3. The molecule has 14 heavy (non-hydrogen) atoms. The maximum Gasteiger partial charge on any atom is 0.314 e. The Morgan fingerprint density at radius 1 is 1.43 bits per heavy atom. The molecule has 3 nitrogen and oxygen atoms in total. The first-order chi connectivity index (χ1) is 6.70. The van der Waals surface area contributed by atoms with E-state index in [4.69, 9.17) is 0 Å². The van der Waals surface area contributed by atoms with Crippen LogP contribution in [0.4, 0.5) is 4.79 Å². The van der Waals surface area contributed by atoms with Crippen LogP contribution in [0.15, 0.2) is 0 Å². The van der Waals surface area contributed by atoms with Gasteiger partial charge in [0.05, 0.1) is 0 Å². The molecule has 0 rings (SSSR count). The number of amides is 2. The second-order valence-corrected chi connectivity index (χ2v) is 4.68. The first kappa shape index (κ1) is 13.6. The van der Waals surface area contributed by atoms with Crippen molar-refractivity contribution < 1.29 is 4.79 Å². The molecule has 0 aliphatic rings. The summed E-state index contributed by atoms with van der Waals surface area (Å²) in [6.07, 6.45) is 2.02. The topological polar surface area (TPSA) is 41.1 Å². The predicted octanol–water partition coefficient (Wildman–Crippen LogP) is 2.23. The lowest BCUT2D eigenvalue weighted by Gasteiger charge is -2.13. The minimum atomic E-state index is -0.0409. The third kappa shape index (κ3) is 8.23. The van der Waals surface area contributed by atoms with E-state index in [1.807, 2.05) is 25.6 Å². The molecule has 0 aromatic heterocycles. The van der Waals surface area contributed by atoms with Gasteiger partial charge in [0.2, 0.25) is 0 Å². The third-order valence-corrected chi connectivity index (χ3v) is 2.75. The van der Waals surface area contributed by atoms with Crippen molar-refractivity contribution in [2.24, 2.45) is 0 Å². The summed E-state index contributed by atoms with van der Waals surface area (Å²) in [5.74, 6) is 2.26. The quantitative estimate of drug-likeness (QED) is 0.643. The largest absolute Gasteiger partial charge is 0.338 e. The van der Waals surface area contributed by atoms with E-state index in [2.05, 4.69) is 17.6 Å². The van der Waals surface area contributed by atoms with Crippen LogP contribution in [-0.2, 0) is 0 Å². The molecule has 0 saturated carbocycles. The normalized spacial score (nSPS) is 12.2. The van der Waals surface area contributed by atoms with Gasteiger partial charge in [0, 0.05) is 12.6 Å². The Morgan fingerprint density at radius 3 is 2.71 bits per heavy atom. The molecule has 4 heteroatoms. The zero-order chi connectivity index (χ0) is 10.8. The highest BCUT2D eigenvalue weighted by atomic mass is 32.2. The SMILES string of the molecule is CCCNC(=O)NC(C)CCSCC. The van der Waals surface area contributed by atoms with Crippen molar-refractivity contribution in [2.75, 3.05) is 18.1 Å². The molecule has 0 aliphatic heterocycles. The Hall–Kier alpha value is -0.380. The minimum Gasteiger partial charge on any atom is -0.338 e. The van der Waals surface area contributed by atoms with Gasteiger partial charge in [0.15, 0.2) is 0 Å². The van der Waals surface area contributed by atoms with Crippen molar-refractivity contribution in [3.8, 4) is 0 Å². The van der Waals surface area contributed by atoms with E-state index in [0.717, 1.165) is 30.9 Å². The van der Waals surface area contributed by atoms with E-state index in [-0.39, 0.29) is 12.1 Å². The Bertz CT molecular complexity index is 153. The van der Waals surface area contributed by atoms with Crippen molar-refractivity contribution in [2.45, 2.75) is 39.7 Å². The van der Waals surface area contributed by atoms with Gasteiger partial charge < -0.3 is 10.6 Å². The third-order valence-electron chi connectivity index (χ3n) is 1.81. The smallest absolute Gasteiger partial charge is 0.314 e. The number of hydrogen-bond acceptors (Lipinski definition) is 2. The van der Waals surface area contributed by atoms with E-state index in [9.17, 15) is 4.79 Å². The monoisotopic (exact) mass is 218 g/mol. The molecule has 1 unspecified atom stereocenters. The van der Waals surface area contributed by atoms with Gasteiger partial charge in [-0.3, -0.25) is 0 Å². The zero-order valence-electron chi connectivity index (χ0n) is 9.43. The molecule has 0 bridgehead atoms. The summed E-state index contributed by atoms with van der Waals surface area (Å²) in [5.41, 5.74) is 0. The number of thioether (sulfide) groups is 1. The predicted molar refractivity (Wildman–Crippen MR) is 63.9 cm³/mol. The standard InChI is InChI=1S/C10H22N2OS/c1-4-7-11-10(13)12-9(3)6-8-14-5-2/h9H,4-8H2,1-3H3,(H2,11,12,13). The van der Waals surface area contributed by atoms with Gasteiger partial charge in [-0.2, -0.15) is 11.8 Å². The summed E-state index contributed by atoms with van der Waals surface area (Å²) in [5, 5.41) is 5.71. The summed E-state index contributed by atoms with van der Waals surface area (Å²) in [6.45, 7) is 6.99. The average molecular weight is 218 g/mol. The van der Waals surface area contributed by atoms with Crippen LogP contribution in [0.2, 0.25) is 0 Å². The number of carbonyl (C=O) groups excluding carboxylic acids is 1. The summed E-state index contributed by atoms with van der Waals surface area (Å²) < 4.78 is 0. The van der Waals surface area contributed by atoms with Crippen molar-refractivity contribution in [3.63, 3.8) is 0 Å². The fraction of sp³-hybridized carbons (Fsp3) is 0.900. The van der Waals surface area contributed by atoms with Gasteiger partial charge >= 0.3 is 6.03 Å². The maximum atomic E-state index is 11.2. The van der Waals surface area contributed by atoms with Crippen molar-refractivity contribution >= 4 is 17.8 Å². The van der Waals surface area contributed by atoms with Crippen LogP contribution >= 0.6 is 11.8 Å². The summed E-state index contributed by atoms with van der Waals surface area (Å²) in [6, 6.07) is 0.228. The van der Waals surface area contributed by atoms with Crippen LogP contribution in [-0.4, -0.2) is 30.1 Å². The van der Waals surface area contributed by atoms with Crippen molar-refractivity contribution in [1.29, 1.82) is 0 Å². The second-order valence-electron chi connectivity index (χ2n) is 3.29. The lowest BCUT2D eigenvalue weighted by Crippen LogP contribution is -2.41. The minimum absolute atomic E-state index is 0.0409. The number of nitrogens with one attached hydrogen (secondary N) is 2. The van der Waals surface area contributed by atoms with Crippen LogP contribution in [0.3, 0.4) is 0 Å². The maximum absolute atomic E-state index is 11.2. The first-order valence-electron chi connectivity index (χ1n) is 5.32. The molecule has 0 spiro atoms. The van der Waals surface area contributed by atoms with Gasteiger partial charge in [-0.15, -0.1) is 0 Å². The number of carbonyl (C=O) groups is 1. The molecule has 2 amide bonds. The molecular formula is C10H22N2OS. The van der Waals surface area contributed by atoms with Crippen LogP contribution < -0.4 is 10.6 Å². The summed E-state index contributed by atoms with van der Waals surface area (Å²) >= 11 is 1.91. The van der Waals surface area contributed by atoms with E-state index in [0.29, 0.717) is 0 Å².